The van der Waals surface area contributed by atoms with Gasteiger partial charge in [-0.05, 0) is 61.4 Å². The highest BCUT2D eigenvalue weighted by Gasteiger charge is 2.30. The second-order valence-electron chi connectivity index (χ2n) is 7.57. The number of benzene rings is 2. The number of hydrogen-bond acceptors (Lipinski definition) is 5. The van der Waals surface area contributed by atoms with Crippen molar-refractivity contribution in [1.29, 1.82) is 0 Å². The number of sulfonamides is 1. The van der Waals surface area contributed by atoms with E-state index in [1.807, 2.05) is 12.1 Å². The van der Waals surface area contributed by atoms with E-state index in [-0.39, 0.29) is 6.54 Å². The summed E-state index contributed by atoms with van der Waals surface area (Å²) in [5.74, 6) is -1.08. The zero-order valence-corrected chi connectivity index (χ0v) is 18.2. The van der Waals surface area contributed by atoms with E-state index in [1.165, 1.54) is 37.3 Å². The van der Waals surface area contributed by atoms with Gasteiger partial charge in [-0.2, -0.15) is 4.31 Å². The number of rotatable bonds is 8. The molecule has 0 aliphatic carbocycles. The molecule has 1 N–H and O–H groups in total. The maximum Gasteiger partial charge on any atom is 0.246 e. The van der Waals surface area contributed by atoms with Gasteiger partial charge in [-0.3, -0.25) is 4.79 Å². The van der Waals surface area contributed by atoms with Crippen molar-refractivity contribution in [2.75, 3.05) is 29.9 Å². The molecular formula is C23H24FN3O4S. The summed E-state index contributed by atoms with van der Waals surface area (Å²) in [4.78, 5) is 14.5. The Hall–Kier alpha value is -3.17. The summed E-state index contributed by atoms with van der Waals surface area (Å²) >= 11 is 0. The number of halogens is 1. The highest BCUT2D eigenvalue weighted by atomic mass is 32.2. The lowest BCUT2D eigenvalue weighted by molar-refractivity contribution is -0.116. The second-order valence-corrected chi connectivity index (χ2v) is 9.48. The summed E-state index contributed by atoms with van der Waals surface area (Å²) in [7, 11) is -4.28. The van der Waals surface area contributed by atoms with E-state index in [9.17, 15) is 17.6 Å². The predicted molar refractivity (Wildman–Crippen MR) is 119 cm³/mol. The molecule has 1 aromatic heterocycles. The molecular weight excluding hydrogens is 433 g/mol. The van der Waals surface area contributed by atoms with Gasteiger partial charge in [0.2, 0.25) is 15.9 Å². The first-order valence-corrected chi connectivity index (χ1v) is 11.8. The zero-order valence-electron chi connectivity index (χ0n) is 17.4. The molecule has 1 aliphatic heterocycles. The van der Waals surface area contributed by atoms with Gasteiger partial charge in [0, 0.05) is 24.5 Å². The molecule has 1 saturated heterocycles. The Morgan fingerprint density at radius 3 is 2.41 bits per heavy atom. The van der Waals surface area contributed by atoms with Crippen molar-refractivity contribution in [3.8, 4) is 0 Å². The Morgan fingerprint density at radius 1 is 1.03 bits per heavy atom. The van der Waals surface area contributed by atoms with Gasteiger partial charge in [-0.25, -0.2) is 12.8 Å². The molecule has 1 aliphatic rings. The monoisotopic (exact) mass is 457 g/mol. The summed E-state index contributed by atoms with van der Waals surface area (Å²) in [5, 5.41) is 2.72. The van der Waals surface area contributed by atoms with Crippen LogP contribution < -0.4 is 10.2 Å². The fraction of sp³-hybridized carbons (Fsp3) is 0.261. The molecule has 9 heteroatoms. The normalized spacial score (nSPS) is 14.1. The van der Waals surface area contributed by atoms with E-state index in [4.69, 9.17) is 4.42 Å². The van der Waals surface area contributed by atoms with Crippen molar-refractivity contribution in [2.45, 2.75) is 24.3 Å². The van der Waals surface area contributed by atoms with E-state index in [0.717, 1.165) is 29.1 Å². The fourth-order valence-corrected chi connectivity index (χ4v) is 5.11. The summed E-state index contributed by atoms with van der Waals surface area (Å²) in [6, 6.07) is 15.7. The van der Waals surface area contributed by atoms with E-state index < -0.39 is 33.2 Å². The molecule has 0 spiro atoms. The lowest BCUT2D eigenvalue weighted by atomic mass is 10.2. The van der Waals surface area contributed by atoms with Crippen molar-refractivity contribution in [3.63, 3.8) is 0 Å². The maximum absolute atomic E-state index is 14.2. The topological polar surface area (TPSA) is 82.9 Å². The van der Waals surface area contributed by atoms with Gasteiger partial charge >= 0.3 is 0 Å². The minimum absolute atomic E-state index is 0.203. The first-order valence-electron chi connectivity index (χ1n) is 10.4. The van der Waals surface area contributed by atoms with Crippen LogP contribution in [-0.2, 0) is 21.4 Å². The van der Waals surface area contributed by atoms with E-state index in [0.29, 0.717) is 11.4 Å². The first kappa shape index (κ1) is 22.0. The van der Waals surface area contributed by atoms with Gasteiger partial charge in [0.1, 0.15) is 16.5 Å². The molecule has 2 heterocycles. The molecule has 0 bridgehead atoms. The summed E-state index contributed by atoms with van der Waals surface area (Å²) in [6.07, 6.45) is 3.74. The summed E-state index contributed by atoms with van der Waals surface area (Å²) in [5.41, 5.74) is 1.64. The van der Waals surface area contributed by atoms with Crippen molar-refractivity contribution in [3.05, 3.63) is 78.5 Å². The van der Waals surface area contributed by atoms with Gasteiger partial charge in [-0.15, -0.1) is 0 Å². The molecule has 4 rings (SSSR count). The maximum atomic E-state index is 14.2. The third-order valence-corrected chi connectivity index (χ3v) is 7.13. The Morgan fingerprint density at radius 2 is 1.75 bits per heavy atom. The van der Waals surface area contributed by atoms with E-state index in [2.05, 4.69) is 10.2 Å². The number of carbonyl (C=O) groups is 1. The summed E-state index contributed by atoms with van der Waals surface area (Å²) in [6.45, 7) is 1.33. The van der Waals surface area contributed by atoms with Crippen LogP contribution >= 0.6 is 0 Å². The van der Waals surface area contributed by atoms with Gasteiger partial charge in [0.15, 0.2) is 0 Å². The SMILES string of the molecule is O=C(CN(Cc1ccco1)S(=O)(=O)c1ccccc1F)Nc1ccc(N2CCCC2)cc1. The smallest absolute Gasteiger partial charge is 0.246 e. The van der Waals surface area contributed by atoms with Gasteiger partial charge in [0.05, 0.1) is 19.4 Å². The van der Waals surface area contributed by atoms with E-state index >= 15 is 0 Å². The molecule has 168 valence electrons. The number of carbonyl (C=O) groups excluding carboxylic acids is 1. The molecule has 1 amide bonds. The van der Waals surface area contributed by atoms with Crippen molar-refractivity contribution < 1.29 is 22.0 Å². The standard InChI is InChI=1S/C23H24FN3O4S/c24-21-7-1-2-8-22(21)32(29,30)27(16-20-6-5-15-31-20)17-23(28)25-18-9-11-19(12-10-18)26-13-3-4-14-26/h1-2,5-12,15H,3-4,13-14,16-17H2,(H,25,28). The van der Waals surface area contributed by atoms with Crippen LogP contribution in [0.15, 0.2) is 76.2 Å². The lowest BCUT2D eigenvalue weighted by Crippen LogP contribution is -2.37. The second kappa shape index (κ2) is 9.54. The molecule has 32 heavy (non-hydrogen) atoms. The van der Waals surface area contributed by atoms with Gasteiger partial charge in [-0.1, -0.05) is 12.1 Å². The van der Waals surface area contributed by atoms with Crippen LogP contribution in [0.5, 0.6) is 0 Å². The Labute approximate surface area is 186 Å². The average Bonchev–Trinajstić information content (AvgIpc) is 3.48. The number of hydrogen-bond donors (Lipinski definition) is 1. The third-order valence-electron chi connectivity index (χ3n) is 5.31. The fourth-order valence-electron chi connectivity index (χ4n) is 3.69. The highest BCUT2D eigenvalue weighted by Crippen LogP contribution is 2.23. The number of nitrogens with zero attached hydrogens (tertiary/aromatic N) is 2. The van der Waals surface area contributed by atoms with Crippen LogP contribution in [0.1, 0.15) is 18.6 Å². The molecule has 0 atom stereocenters. The minimum atomic E-state index is -4.28. The van der Waals surface area contributed by atoms with Gasteiger partial charge in [0.25, 0.3) is 0 Å². The van der Waals surface area contributed by atoms with Crippen LogP contribution in [0.2, 0.25) is 0 Å². The third kappa shape index (κ3) is 5.00. The minimum Gasteiger partial charge on any atom is -0.468 e. The predicted octanol–water partition coefficient (Wildman–Crippen LogP) is 3.85. The van der Waals surface area contributed by atoms with Crippen molar-refractivity contribution in [1.82, 2.24) is 4.31 Å². The Bertz CT molecular complexity index is 1160. The van der Waals surface area contributed by atoms with Crippen LogP contribution in [0.3, 0.4) is 0 Å². The van der Waals surface area contributed by atoms with Crippen molar-refractivity contribution in [2.24, 2.45) is 0 Å². The zero-order chi connectivity index (χ0) is 22.6. The largest absolute Gasteiger partial charge is 0.468 e. The lowest BCUT2D eigenvalue weighted by Gasteiger charge is -2.21. The van der Waals surface area contributed by atoms with Crippen LogP contribution in [0.25, 0.3) is 0 Å². The van der Waals surface area contributed by atoms with Crippen molar-refractivity contribution >= 4 is 27.3 Å². The molecule has 0 unspecified atom stereocenters. The molecule has 7 nitrogen and oxygen atoms in total. The summed E-state index contributed by atoms with van der Waals surface area (Å²) < 4.78 is 46.6. The van der Waals surface area contributed by atoms with Gasteiger partial charge < -0.3 is 14.6 Å². The first-order chi connectivity index (χ1) is 15.4. The molecule has 2 aromatic carbocycles. The molecule has 0 saturated carbocycles. The number of amides is 1. The quantitative estimate of drug-likeness (QED) is 0.556. The Kier molecular flexibility index (Phi) is 6.57. The van der Waals surface area contributed by atoms with Crippen LogP contribution in [0.4, 0.5) is 15.8 Å². The highest BCUT2D eigenvalue weighted by molar-refractivity contribution is 7.89. The number of nitrogens with one attached hydrogen (secondary N) is 1. The van der Waals surface area contributed by atoms with Crippen LogP contribution in [-0.4, -0.2) is 38.3 Å². The molecule has 3 aromatic rings. The average molecular weight is 458 g/mol. The number of anilines is 2. The van der Waals surface area contributed by atoms with E-state index in [1.54, 1.807) is 24.3 Å². The Balaban J connectivity index is 1.50. The molecule has 1 fully saturated rings. The number of furan rings is 1. The molecule has 0 radical (unpaired) electrons. The van der Waals surface area contributed by atoms with Crippen LogP contribution in [0, 0.1) is 5.82 Å².